The first-order chi connectivity index (χ1) is 10.1. The Morgan fingerprint density at radius 2 is 0.762 bits per heavy atom. The Labute approximate surface area is 130 Å². The molecule has 0 spiro atoms. The van der Waals surface area contributed by atoms with Crippen LogP contribution in [0.25, 0.3) is 0 Å². The van der Waals surface area contributed by atoms with E-state index < -0.39 is 0 Å². The van der Waals surface area contributed by atoms with Crippen LogP contribution < -0.4 is 5.32 Å². The van der Waals surface area contributed by atoms with Crippen LogP contribution in [0.4, 0.5) is 0 Å². The summed E-state index contributed by atoms with van der Waals surface area (Å²) in [7, 11) is 0. The summed E-state index contributed by atoms with van der Waals surface area (Å²) in [5.41, 5.74) is 5.32. The molecule has 114 valence electrons. The van der Waals surface area contributed by atoms with Gasteiger partial charge in [0, 0.05) is 0 Å². The summed E-state index contributed by atoms with van der Waals surface area (Å²) >= 11 is 0. The maximum absolute atomic E-state index is 3.22. The number of benzene rings is 2. The minimum absolute atomic E-state index is 1.25. The molecule has 1 nitrogen and oxygen atoms in total. The molecular formula is C20H29N. The molecule has 0 aromatic heterocycles. The maximum Gasteiger partial charge on any atom is -0.00484 e. The van der Waals surface area contributed by atoms with Gasteiger partial charge in [0.1, 0.15) is 0 Å². The Morgan fingerprint density at radius 3 is 0.905 bits per heavy atom. The Balaban J connectivity index is 0.000000162. The van der Waals surface area contributed by atoms with Crippen molar-refractivity contribution in [2.75, 3.05) is 13.1 Å². The Hall–Kier alpha value is -1.60. The molecule has 0 bridgehead atoms. The van der Waals surface area contributed by atoms with E-state index in [1.54, 1.807) is 0 Å². The van der Waals surface area contributed by atoms with E-state index in [9.17, 15) is 0 Å². The van der Waals surface area contributed by atoms with E-state index >= 15 is 0 Å². The zero-order valence-electron chi connectivity index (χ0n) is 13.9. The molecule has 1 saturated heterocycles. The third-order valence-electron chi connectivity index (χ3n) is 3.39. The minimum atomic E-state index is 1.25. The van der Waals surface area contributed by atoms with Crippen LogP contribution in [-0.4, -0.2) is 13.1 Å². The third kappa shape index (κ3) is 9.04. The quantitative estimate of drug-likeness (QED) is 0.719. The average molecular weight is 283 g/mol. The highest BCUT2D eigenvalue weighted by Crippen LogP contribution is 2.00. The first-order valence-electron chi connectivity index (χ1n) is 7.85. The highest BCUT2D eigenvalue weighted by molar-refractivity contribution is 5.20. The molecule has 0 saturated carbocycles. The van der Waals surface area contributed by atoms with Gasteiger partial charge >= 0.3 is 0 Å². The van der Waals surface area contributed by atoms with E-state index in [1.165, 1.54) is 48.2 Å². The van der Waals surface area contributed by atoms with Gasteiger partial charge in [-0.05, 0) is 53.6 Å². The normalized spacial score (nSPS) is 12.8. The number of nitrogens with one attached hydrogen (secondary N) is 1. The van der Waals surface area contributed by atoms with Gasteiger partial charge in [-0.1, -0.05) is 70.8 Å². The van der Waals surface area contributed by atoms with E-state index in [1.807, 2.05) is 0 Å². The number of hydrogen-bond donors (Lipinski definition) is 1. The van der Waals surface area contributed by atoms with Gasteiger partial charge in [-0.25, -0.2) is 0 Å². The van der Waals surface area contributed by atoms with Crippen molar-refractivity contribution >= 4 is 0 Å². The SMILES string of the molecule is C1CCNC1.Cc1ccc(C)cc1.Cc1ccc(C)cc1. The molecule has 1 heterocycles. The van der Waals surface area contributed by atoms with Crippen molar-refractivity contribution in [1.29, 1.82) is 0 Å². The molecular weight excluding hydrogens is 254 g/mol. The number of aryl methyl sites for hydroxylation is 4. The zero-order valence-corrected chi connectivity index (χ0v) is 13.9. The molecule has 2 aromatic carbocycles. The fourth-order valence-corrected chi connectivity index (χ4v) is 1.90. The second-order valence-electron chi connectivity index (χ2n) is 5.77. The van der Waals surface area contributed by atoms with Crippen molar-refractivity contribution in [3.05, 3.63) is 70.8 Å². The van der Waals surface area contributed by atoms with Crippen LogP contribution in [-0.2, 0) is 0 Å². The molecule has 21 heavy (non-hydrogen) atoms. The van der Waals surface area contributed by atoms with Crippen LogP contribution >= 0.6 is 0 Å². The van der Waals surface area contributed by atoms with Gasteiger partial charge in [-0.3, -0.25) is 0 Å². The lowest BCUT2D eigenvalue weighted by Crippen LogP contribution is -2.03. The topological polar surface area (TPSA) is 12.0 Å². The van der Waals surface area contributed by atoms with Gasteiger partial charge < -0.3 is 5.32 Å². The summed E-state index contributed by atoms with van der Waals surface area (Å²) in [6, 6.07) is 17.0. The van der Waals surface area contributed by atoms with Crippen molar-refractivity contribution in [1.82, 2.24) is 5.32 Å². The summed E-state index contributed by atoms with van der Waals surface area (Å²) in [5.74, 6) is 0. The predicted octanol–water partition coefficient (Wildman–Crippen LogP) is 4.98. The van der Waals surface area contributed by atoms with E-state index in [4.69, 9.17) is 0 Å². The highest BCUT2D eigenvalue weighted by atomic mass is 14.9. The van der Waals surface area contributed by atoms with Crippen LogP contribution in [0, 0.1) is 27.7 Å². The standard InChI is InChI=1S/2C8H10.C4H9N/c2*1-7-3-5-8(2)6-4-7;1-2-4-5-3-1/h2*3-6H,1-2H3;5H,1-4H2. The Bertz CT molecular complexity index is 385. The van der Waals surface area contributed by atoms with Crippen LogP contribution in [0.2, 0.25) is 0 Å². The first-order valence-corrected chi connectivity index (χ1v) is 7.85. The third-order valence-corrected chi connectivity index (χ3v) is 3.39. The summed E-state index contributed by atoms with van der Waals surface area (Å²) < 4.78 is 0. The molecule has 1 aliphatic rings. The first kappa shape index (κ1) is 17.5. The van der Waals surface area contributed by atoms with E-state index in [2.05, 4.69) is 81.5 Å². The lowest BCUT2D eigenvalue weighted by molar-refractivity contribution is 0.857. The second kappa shape index (κ2) is 10.2. The summed E-state index contributed by atoms with van der Waals surface area (Å²) in [5, 5.41) is 3.22. The van der Waals surface area contributed by atoms with Crippen LogP contribution in [0.15, 0.2) is 48.5 Å². The summed E-state index contributed by atoms with van der Waals surface area (Å²) in [6.07, 6.45) is 2.78. The van der Waals surface area contributed by atoms with Crippen LogP contribution in [0.3, 0.4) is 0 Å². The van der Waals surface area contributed by atoms with Gasteiger partial charge in [0.15, 0.2) is 0 Å². The predicted molar refractivity (Wildman–Crippen MR) is 93.9 cm³/mol. The molecule has 1 aliphatic heterocycles. The number of hydrogen-bond acceptors (Lipinski definition) is 1. The fourth-order valence-electron chi connectivity index (χ4n) is 1.90. The van der Waals surface area contributed by atoms with Crippen molar-refractivity contribution < 1.29 is 0 Å². The molecule has 0 amide bonds. The van der Waals surface area contributed by atoms with Gasteiger partial charge in [-0.15, -0.1) is 0 Å². The van der Waals surface area contributed by atoms with E-state index in [0.717, 1.165) is 0 Å². The van der Waals surface area contributed by atoms with E-state index in [0.29, 0.717) is 0 Å². The van der Waals surface area contributed by atoms with Gasteiger partial charge in [0.05, 0.1) is 0 Å². The molecule has 1 fully saturated rings. The Kier molecular flexibility index (Phi) is 8.45. The largest absolute Gasteiger partial charge is 0.317 e. The maximum atomic E-state index is 3.22. The molecule has 1 heteroatoms. The van der Waals surface area contributed by atoms with Crippen molar-refractivity contribution in [2.45, 2.75) is 40.5 Å². The highest BCUT2D eigenvalue weighted by Gasteiger charge is 1.93. The second-order valence-corrected chi connectivity index (χ2v) is 5.77. The smallest absolute Gasteiger partial charge is 0.00484 e. The molecule has 3 rings (SSSR count). The molecule has 0 unspecified atom stereocenters. The van der Waals surface area contributed by atoms with Gasteiger partial charge in [-0.2, -0.15) is 0 Å². The molecule has 2 aromatic rings. The average Bonchev–Trinajstić information content (AvgIpc) is 3.06. The fraction of sp³-hybridized carbons (Fsp3) is 0.400. The summed E-state index contributed by atoms with van der Waals surface area (Å²) in [6.45, 7) is 10.9. The van der Waals surface area contributed by atoms with Gasteiger partial charge in [0.25, 0.3) is 0 Å². The zero-order chi connectivity index (χ0) is 15.5. The minimum Gasteiger partial charge on any atom is -0.317 e. The van der Waals surface area contributed by atoms with Crippen molar-refractivity contribution in [2.24, 2.45) is 0 Å². The van der Waals surface area contributed by atoms with Crippen molar-refractivity contribution in [3.63, 3.8) is 0 Å². The number of rotatable bonds is 0. The molecule has 0 aliphatic carbocycles. The van der Waals surface area contributed by atoms with Crippen LogP contribution in [0.1, 0.15) is 35.1 Å². The lowest BCUT2D eigenvalue weighted by Gasteiger charge is -1.90. The molecule has 0 atom stereocenters. The Morgan fingerprint density at radius 1 is 0.524 bits per heavy atom. The monoisotopic (exact) mass is 283 g/mol. The molecule has 1 N–H and O–H groups in total. The van der Waals surface area contributed by atoms with Crippen LogP contribution in [0.5, 0.6) is 0 Å². The summed E-state index contributed by atoms with van der Waals surface area (Å²) in [4.78, 5) is 0. The lowest BCUT2D eigenvalue weighted by atomic mass is 10.2. The molecule has 0 radical (unpaired) electrons. The van der Waals surface area contributed by atoms with Crippen molar-refractivity contribution in [3.8, 4) is 0 Å². The van der Waals surface area contributed by atoms with Gasteiger partial charge in [0.2, 0.25) is 0 Å². The van der Waals surface area contributed by atoms with E-state index in [-0.39, 0.29) is 0 Å².